The Morgan fingerprint density at radius 2 is 2.11 bits per heavy atom. The summed E-state index contributed by atoms with van der Waals surface area (Å²) in [4.78, 5) is 1.36. The molecule has 0 fully saturated rings. The minimum absolute atomic E-state index is 0.313. The summed E-state index contributed by atoms with van der Waals surface area (Å²) in [5, 5.41) is 4.68. The molecule has 18 heavy (non-hydrogen) atoms. The van der Waals surface area contributed by atoms with Crippen molar-refractivity contribution in [3.63, 3.8) is 0 Å². The van der Waals surface area contributed by atoms with E-state index >= 15 is 0 Å². The third-order valence-corrected chi connectivity index (χ3v) is 4.35. The molecule has 3 aromatic rings. The molecule has 0 spiro atoms. The second-order valence-corrected chi connectivity index (χ2v) is 5.43. The van der Waals surface area contributed by atoms with E-state index in [1.54, 1.807) is 6.26 Å². The number of thiophene rings is 1. The Morgan fingerprint density at radius 1 is 1.22 bits per heavy atom. The van der Waals surface area contributed by atoms with Gasteiger partial charge in [-0.25, -0.2) is 0 Å². The molecule has 0 saturated carbocycles. The predicted octanol–water partition coefficient (Wildman–Crippen LogP) is 4.00. The van der Waals surface area contributed by atoms with Crippen LogP contribution in [0.25, 0.3) is 10.1 Å². The highest BCUT2D eigenvalue weighted by molar-refractivity contribution is 7.19. The fraction of sp³-hybridized carbons (Fsp3) is 0.200. The lowest BCUT2D eigenvalue weighted by molar-refractivity contribution is 0.469. The van der Waals surface area contributed by atoms with Crippen molar-refractivity contribution < 1.29 is 4.42 Å². The summed E-state index contributed by atoms with van der Waals surface area (Å²) in [6.45, 7) is 0. The van der Waals surface area contributed by atoms with E-state index in [0.29, 0.717) is 6.04 Å². The Kier molecular flexibility index (Phi) is 3.17. The molecule has 0 amide bonds. The standard InChI is InChI=1S/C15H15NOS/c1-16-13(10-12-6-4-8-17-12)15-9-11-5-2-3-7-14(11)18-15/h2-9,13,16H,10H2,1H3. The van der Waals surface area contributed by atoms with Crippen LogP contribution in [-0.4, -0.2) is 7.05 Å². The van der Waals surface area contributed by atoms with Crippen molar-refractivity contribution >= 4 is 21.4 Å². The Hall–Kier alpha value is -1.58. The maximum Gasteiger partial charge on any atom is 0.105 e. The van der Waals surface area contributed by atoms with Gasteiger partial charge in [-0.2, -0.15) is 0 Å². The zero-order chi connectivity index (χ0) is 12.4. The average Bonchev–Trinajstić information content (AvgIpc) is 3.04. The van der Waals surface area contributed by atoms with Crippen molar-refractivity contribution in [2.24, 2.45) is 0 Å². The first-order chi connectivity index (χ1) is 8.86. The largest absolute Gasteiger partial charge is 0.469 e. The molecular formula is C15H15NOS. The monoisotopic (exact) mass is 257 g/mol. The summed E-state index contributed by atoms with van der Waals surface area (Å²) in [6.07, 6.45) is 2.61. The summed E-state index contributed by atoms with van der Waals surface area (Å²) in [5.74, 6) is 1.02. The molecule has 2 nitrogen and oxygen atoms in total. The Balaban J connectivity index is 1.90. The lowest BCUT2D eigenvalue weighted by atomic mass is 10.1. The average molecular weight is 257 g/mol. The minimum Gasteiger partial charge on any atom is -0.469 e. The number of likely N-dealkylation sites (N-methyl/N-ethyl adjacent to an activating group) is 1. The lowest BCUT2D eigenvalue weighted by Gasteiger charge is -2.12. The van der Waals surface area contributed by atoms with Crippen LogP contribution in [0, 0.1) is 0 Å². The summed E-state index contributed by atoms with van der Waals surface area (Å²) < 4.78 is 6.77. The normalized spacial score (nSPS) is 12.9. The number of fused-ring (bicyclic) bond motifs is 1. The predicted molar refractivity (Wildman–Crippen MR) is 76.0 cm³/mol. The van der Waals surface area contributed by atoms with Gasteiger partial charge in [0, 0.05) is 22.0 Å². The van der Waals surface area contributed by atoms with Gasteiger partial charge in [0.05, 0.1) is 6.26 Å². The fourth-order valence-corrected chi connectivity index (χ4v) is 3.32. The van der Waals surface area contributed by atoms with Crippen molar-refractivity contribution in [3.8, 4) is 0 Å². The van der Waals surface area contributed by atoms with Gasteiger partial charge < -0.3 is 9.73 Å². The van der Waals surface area contributed by atoms with Crippen molar-refractivity contribution in [1.82, 2.24) is 5.32 Å². The van der Waals surface area contributed by atoms with Gasteiger partial charge in [-0.1, -0.05) is 18.2 Å². The van der Waals surface area contributed by atoms with E-state index < -0.39 is 0 Å². The van der Waals surface area contributed by atoms with Crippen LogP contribution < -0.4 is 5.32 Å². The van der Waals surface area contributed by atoms with Crippen LogP contribution in [0.4, 0.5) is 0 Å². The third kappa shape index (κ3) is 2.19. The van der Waals surface area contributed by atoms with Gasteiger partial charge in [-0.15, -0.1) is 11.3 Å². The Morgan fingerprint density at radius 3 is 2.83 bits per heavy atom. The number of benzene rings is 1. The first kappa shape index (κ1) is 11.5. The molecule has 2 heterocycles. The van der Waals surface area contributed by atoms with Gasteiger partial charge in [-0.3, -0.25) is 0 Å². The van der Waals surface area contributed by atoms with Crippen LogP contribution in [0.2, 0.25) is 0 Å². The van der Waals surface area contributed by atoms with Crippen molar-refractivity contribution in [3.05, 3.63) is 59.4 Å². The molecule has 0 aliphatic carbocycles. The molecule has 92 valence electrons. The van der Waals surface area contributed by atoms with Gasteiger partial charge in [-0.05, 0) is 36.7 Å². The Bertz CT molecular complexity index is 594. The van der Waals surface area contributed by atoms with Crippen LogP contribution in [-0.2, 0) is 6.42 Å². The molecule has 0 bridgehead atoms. The third-order valence-electron chi connectivity index (χ3n) is 3.12. The van der Waals surface area contributed by atoms with Crippen LogP contribution in [0.1, 0.15) is 16.7 Å². The molecule has 1 unspecified atom stereocenters. The maximum atomic E-state index is 5.43. The summed E-state index contributed by atoms with van der Waals surface area (Å²) in [6, 6.07) is 15.0. The van der Waals surface area contributed by atoms with Gasteiger partial charge in [0.1, 0.15) is 5.76 Å². The molecule has 3 heteroatoms. The summed E-state index contributed by atoms with van der Waals surface area (Å²) >= 11 is 1.85. The molecule has 1 aromatic carbocycles. The highest BCUT2D eigenvalue weighted by Crippen LogP contribution is 2.31. The summed E-state index contributed by atoms with van der Waals surface area (Å²) in [7, 11) is 2.00. The number of hydrogen-bond acceptors (Lipinski definition) is 3. The number of nitrogens with one attached hydrogen (secondary N) is 1. The Labute approximate surface area is 110 Å². The smallest absolute Gasteiger partial charge is 0.105 e. The van der Waals surface area contributed by atoms with Crippen molar-refractivity contribution in [2.75, 3.05) is 7.05 Å². The van der Waals surface area contributed by atoms with Gasteiger partial charge in [0.2, 0.25) is 0 Å². The van der Waals surface area contributed by atoms with E-state index in [4.69, 9.17) is 4.42 Å². The van der Waals surface area contributed by atoms with Crippen molar-refractivity contribution in [1.29, 1.82) is 0 Å². The van der Waals surface area contributed by atoms with Crippen LogP contribution in [0.3, 0.4) is 0 Å². The topological polar surface area (TPSA) is 25.2 Å². The second kappa shape index (κ2) is 4.96. The second-order valence-electron chi connectivity index (χ2n) is 4.31. The SMILES string of the molecule is CNC(Cc1ccco1)c1cc2ccccc2s1. The van der Waals surface area contributed by atoms with Crippen LogP contribution >= 0.6 is 11.3 Å². The molecule has 0 aliphatic rings. The fourth-order valence-electron chi connectivity index (χ4n) is 2.15. The van der Waals surface area contributed by atoms with Crippen LogP contribution in [0.5, 0.6) is 0 Å². The number of hydrogen-bond donors (Lipinski definition) is 1. The molecule has 1 atom stereocenters. The first-order valence-electron chi connectivity index (χ1n) is 6.05. The van der Waals surface area contributed by atoms with Crippen LogP contribution in [0.15, 0.2) is 53.1 Å². The van der Waals surface area contributed by atoms with Gasteiger partial charge in [0.25, 0.3) is 0 Å². The highest BCUT2D eigenvalue weighted by Gasteiger charge is 2.14. The number of rotatable bonds is 4. The van der Waals surface area contributed by atoms with E-state index in [0.717, 1.165) is 12.2 Å². The molecule has 1 N–H and O–H groups in total. The summed E-state index contributed by atoms with van der Waals surface area (Å²) in [5.41, 5.74) is 0. The van der Waals surface area contributed by atoms with E-state index in [-0.39, 0.29) is 0 Å². The first-order valence-corrected chi connectivity index (χ1v) is 6.86. The molecular weight excluding hydrogens is 242 g/mol. The van der Waals surface area contributed by atoms with Crippen molar-refractivity contribution in [2.45, 2.75) is 12.5 Å². The molecule has 2 aromatic heterocycles. The zero-order valence-electron chi connectivity index (χ0n) is 10.2. The number of furan rings is 1. The van der Waals surface area contributed by atoms with Gasteiger partial charge in [0.15, 0.2) is 0 Å². The minimum atomic E-state index is 0.313. The molecule has 0 aliphatic heterocycles. The van der Waals surface area contributed by atoms with E-state index in [1.807, 2.05) is 30.5 Å². The maximum absolute atomic E-state index is 5.43. The molecule has 0 radical (unpaired) electrons. The zero-order valence-corrected chi connectivity index (χ0v) is 11.0. The lowest BCUT2D eigenvalue weighted by Crippen LogP contribution is -2.17. The van der Waals surface area contributed by atoms with Gasteiger partial charge >= 0.3 is 0 Å². The van der Waals surface area contributed by atoms with E-state index in [9.17, 15) is 0 Å². The van der Waals surface area contributed by atoms with E-state index in [2.05, 4.69) is 35.6 Å². The molecule has 3 rings (SSSR count). The highest BCUT2D eigenvalue weighted by atomic mass is 32.1. The quantitative estimate of drug-likeness (QED) is 0.764. The molecule has 0 saturated heterocycles. The van der Waals surface area contributed by atoms with E-state index in [1.165, 1.54) is 15.0 Å².